The number of carbonyl (C=O) groups is 1. The predicted molar refractivity (Wildman–Crippen MR) is 78.5 cm³/mol. The molecule has 2 rings (SSSR count). The van der Waals surface area contributed by atoms with Crippen molar-refractivity contribution in [2.45, 2.75) is 37.8 Å². The lowest BCUT2D eigenvalue weighted by Crippen LogP contribution is -2.46. The number of nitro benzene ring substituents is 1. The van der Waals surface area contributed by atoms with Crippen LogP contribution in [0.1, 0.15) is 36.0 Å². The molecule has 6 nitrogen and oxygen atoms in total. The Morgan fingerprint density at radius 2 is 2.05 bits per heavy atom. The summed E-state index contributed by atoms with van der Waals surface area (Å²) in [6.07, 6.45) is 2.74. The topological polar surface area (TPSA) is 83.7 Å². The molecule has 1 amide bonds. The molecule has 1 N–H and O–H groups in total. The third kappa shape index (κ3) is 3.51. The summed E-state index contributed by atoms with van der Waals surface area (Å²) in [7, 11) is 1.61. The molecular formula is C14H17ClN2O4. The van der Waals surface area contributed by atoms with Crippen LogP contribution in [0.4, 0.5) is 5.69 Å². The minimum Gasteiger partial charge on any atom is -0.391 e. The van der Waals surface area contributed by atoms with Crippen molar-refractivity contribution in [2.75, 3.05) is 7.05 Å². The summed E-state index contributed by atoms with van der Waals surface area (Å²) in [5.41, 5.74) is -0.0575. The van der Waals surface area contributed by atoms with Crippen molar-refractivity contribution >= 4 is 23.2 Å². The SMILES string of the molecule is CN(C(=O)c1cc(Cl)cc([N+](=O)[O-])c1)C1CCCCC1O. The van der Waals surface area contributed by atoms with E-state index in [0.717, 1.165) is 19.3 Å². The highest BCUT2D eigenvalue weighted by molar-refractivity contribution is 6.31. The first-order chi connectivity index (χ1) is 9.90. The first-order valence-electron chi connectivity index (χ1n) is 6.80. The molecule has 1 aromatic carbocycles. The normalized spacial score (nSPS) is 21.9. The number of rotatable bonds is 3. The van der Waals surface area contributed by atoms with Crippen molar-refractivity contribution in [3.8, 4) is 0 Å². The van der Waals surface area contributed by atoms with Crippen molar-refractivity contribution < 1.29 is 14.8 Å². The summed E-state index contributed by atoms with van der Waals surface area (Å²) in [5.74, 6) is -0.369. The van der Waals surface area contributed by atoms with Gasteiger partial charge in [0, 0.05) is 29.8 Å². The molecule has 7 heteroatoms. The van der Waals surface area contributed by atoms with Crippen molar-refractivity contribution in [1.29, 1.82) is 0 Å². The summed E-state index contributed by atoms with van der Waals surface area (Å²) in [6, 6.07) is 3.56. The van der Waals surface area contributed by atoms with E-state index in [2.05, 4.69) is 0 Å². The maximum Gasteiger partial charge on any atom is 0.271 e. The van der Waals surface area contributed by atoms with E-state index in [0.29, 0.717) is 6.42 Å². The number of likely N-dealkylation sites (N-methyl/N-ethyl adjacent to an activating group) is 1. The summed E-state index contributed by atoms with van der Waals surface area (Å²) >= 11 is 5.83. The van der Waals surface area contributed by atoms with Crippen molar-refractivity contribution in [1.82, 2.24) is 4.90 Å². The van der Waals surface area contributed by atoms with Crippen LogP contribution in [0.2, 0.25) is 5.02 Å². The van der Waals surface area contributed by atoms with Crippen LogP contribution >= 0.6 is 11.6 Å². The number of benzene rings is 1. The Morgan fingerprint density at radius 3 is 2.67 bits per heavy atom. The zero-order valence-electron chi connectivity index (χ0n) is 11.7. The average molecular weight is 313 g/mol. The Kier molecular flexibility index (Phi) is 4.80. The molecule has 0 spiro atoms. The van der Waals surface area contributed by atoms with Crippen LogP contribution < -0.4 is 0 Å². The molecule has 1 aromatic rings. The highest BCUT2D eigenvalue weighted by Crippen LogP contribution is 2.26. The molecule has 1 aliphatic carbocycles. The van der Waals surface area contributed by atoms with Gasteiger partial charge in [-0.25, -0.2) is 0 Å². The second-order valence-electron chi connectivity index (χ2n) is 5.29. The van der Waals surface area contributed by atoms with Crippen LogP contribution in [0.5, 0.6) is 0 Å². The van der Waals surface area contributed by atoms with Crippen molar-refractivity contribution in [3.05, 3.63) is 38.9 Å². The van der Waals surface area contributed by atoms with Crippen LogP contribution in [-0.4, -0.2) is 40.0 Å². The van der Waals surface area contributed by atoms with Gasteiger partial charge in [0.05, 0.1) is 17.1 Å². The van der Waals surface area contributed by atoms with Crippen LogP contribution in [0.15, 0.2) is 18.2 Å². The number of hydrogen-bond donors (Lipinski definition) is 1. The Morgan fingerprint density at radius 1 is 1.38 bits per heavy atom. The molecule has 1 fully saturated rings. The van der Waals surface area contributed by atoms with Gasteiger partial charge in [-0.15, -0.1) is 0 Å². The van der Waals surface area contributed by atoms with E-state index in [1.165, 1.54) is 23.1 Å². The fraction of sp³-hybridized carbons (Fsp3) is 0.500. The number of halogens is 1. The molecule has 21 heavy (non-hydrogen) atoms. The third-order valence-corrected chi connectivity index (χ3v) is 4.07. The number of nitrogens with zero attached hydrogens (tertiary/aromatic N) is 2. The number of nitro groups is 1. The molecule has 0 aliphatic heterocycles. The maximum atomic E-state index is 12.5. The minimum absolute atomic E-state index is 0.144. The molecule has 0 radical (unpaired) electrons. The highest BCUT2D eigenvalue weighted by atomic mass is 35.5. The molecule has 114 valence electrons. The van der Waals surface area contributed by atoms with Crippen LogP contribution in [0.25, 0.3) is 0 Å². The van der Waals surface area contributed by atoms with E-state index in [4.69, 9.17) is 11.6 Å². The van der Waals surface area contributed by atoms with Crippen molar-refractivity contribution in [2.24, 2.45) is 0 Å². The molecule has 0 aromatic heterocycles. The molecule has 0 saturated heterocycles. The zero-order chi connectivity index (χ0) is 15.6. The van der Waals surface area contributed by atoms with E-state index < -0.39 is 11.0 Å². The summed E-state index contributed by atoms with van der Waals surface area (Å²) in [5, 5.41) is 21.0. The van der Waals surface area contributed by atoms with Gasteiger partial charge in [0.15, 0.2) is 0 Å². The predicted octanol–water partition coefficient (Wildman–Crippen LogP) is 2.62. The Hall–Kier alpha value is -1.66. The number of amides is 1. The number of carbonyl (C=O) groups excluding carboxylic acids is 1. The number of hydrogen-bond acceptors (Lipinski definition) is 4. The number of aliphatic hydroxyl groups excluding tert-OH is 1. The van der Waals surface area contributed by atoms with Gasteiger partial charge >= 0.3 is 0 Å². The molecule has 0 heterocycles. The number of non-ortho nitro benzene ring substituents is 1. The van der Waals surface area contributed by atoms with Gasteiger partial charge in [0.1, 0.15) is 0 Å². The van der Waals surface area contributed by atoms with Gasteiger partial charge in [-0.3, -0.25) is 14.9 Å². The van der Waals surface area contributed by atoms with E-state index in [-0.39, 0.29) is 28.2 Å². The van der Waals surface area contributed by atoms with E-state index in [9.17, 15) is 20.0 Å². The molecule has 0 bridgehead atoms. The second-order valence-corrected chi connectivity index (χ2v) is 5.73. The Balaban J connectivity index is 2.24. The monoisotopic (exact) mass is 312 g/mol. The molecule has 2 unspecified atom stereocenters. The average Bonchev–Trinajstić information content (AvgIpc) is 2.45. The van der Waals surface area contributed by atoms with Gasteiger partial charge in [0.2, 0.25) is 0 Å². The Labute approximate surface area is 127 Å². The summed E-state index contributed by atoms with van der Waals surface area (Å²) in [6.45, 7) is 0. The first kappa shape index (κ1) is 15.7. The molecule has 1 aliphatic rings. The lowest BCUT2D eigenvalue weighted by Gasteiger charge is -2.35. The van der Waals surface area contributed by atoms with E-state index in [1.807, 2.05) is 0 Å². The van der Waals surface area contributed by atoms with Gasteiger partial charge in [-0.1, -0.05) is 24.4 Å². The largest absolute Gasteiger partial charge is 0.391 e. The smallest absolute Gasteiger partial charge is 0.271 e. The Bertz CT molecular complexity index is 564. The quantitative estimate of drug-likeness (QED) is 0.687. The maximum absolute atomic E-state index is 12.5. The van der Waals surface area contributed by atoms with Gasteiger partial charge in [-0.05, 0) is 18.9 Å². The lowest BCUT2D eigenvalue weighted by molar-refractivity contribution is -0.384. The fourth-order valence-electron chi connectivity index (χ4n) is 2.70. The number of aliphatic hydroxyl groups is 1. The van der Waals surface area contributed by atoms with E-state index >= 15 is 0 Å². The molecular weight excluding hydrogens is 296 g/mol. The molecule has 1 saturated carbocycles. The first-order valence-corrected chi connectivity index (χ1v) is 7.18. The van der Waals surface area contributed by atoms with Gasteiger partial charge in [0.25, 0.3) is 11.6 Å². The van der Waals surface area contributed by atoms with Gasteiger partial charge < -0.3 is 10.0 Å². The fourth-order valence-corrected chi connectivity index (χ4v) is 2.93. The van der Waals surface area contributed by atoms with E-state index in [1.54, 1.807) is 7.05 Å². The summed E-state index contributed by atoms with van der Waals surface area (Å²) < 4.78 is 0. The zero-order valence-corrected chi connectivity index (χ0v) is 12.4. The summed E-state index contributed by atoms with van der Waals surface area (Å²) in [4.78, 5) is 24.2. The molecule has 2 atom stereocenters. The van der Waals surface area contributed by atoms with Crippen LogP contribution in [0.3, 0.4) is 0 Å². The standard InChI is InChI=1S/C14H17ClN2O4/c1-16(12-4-2-3-5-13(12)18)14(19)9-6-10(15)8-11(7-9)17(20)21/h6-8,12-13,18H,2-5H2,1H3. The minimum atomic E-state index is -0.585. The second kappa shape index (κ2) is 6.41. The third-order valence-electron chi connectivity index (χ3n) is 3.85. The van der Waals surface area contributed by atoms with Gasteiger partial charge in [-0.2, -0.15) is 0 Å². The van der Waals surface area contributed by atoms with Crippen LogP contribution in [-0.2, 0) is 0 Å². The lowest BCUT2D eigenvalue weighted by atomic mass is 9.91. The van der Waals surface area contributed by atoms with Crippen molar-refractivity contribution in [3.63, 3.8) is 0 Å². The highest BCUT2D eigenvalue weighted by Gasteiger charge is 2.30. The van der Waals surface area contributed by atoms with Crippen LogP contribution in [0, 0.1) is 10.1 Å².